The summed E-state index contributed by atoms with van der Waals surface area (Å²) in [6.45, 7) is 4.27. The number of nitrogens with zero attached hydrogens (tertiary/aromatic N) is 4. The van der Waals surface area contributed by atoms with Crippen LogP contribution in [0.3, 0.4) is 0 Å². The molecule has 1 aliphatic rings. The van der Waals surface area contributed by atoms with Crippen LogP contribution >= 0.6 is 0 Å². The number of aromatic nitrogens is 2. The van der Waals surface area contributed by atoms with Gasteiger partial charge in [0, 0.05) is 24.4 Å². The molecule has 35 heavy (non-hydrogen) atoms. The zero-order valence-electron chi connectivity index (χ0n) is 19.4. The number of urea groups is 1. The van der Waals surface area contributed by atoms with Gasteiger partial charge in [0.25, 0.3) is 0 Å². The molecule has 0 atom stereocenters. The standard InChI is InChI=1S/C27H23N5O3/c1-18(2)35-24-14-25(29-16-22(24)9-8-19-5-3-6-20(13-19)15-28)31-27(34)32-12-4-7-21-10-11-23(17-33)30-26(21)32/h3,5-6,10-11,13-14,16-18H,4,7,12H2,1-2H3,(H,29,31,34). The van der Waals surface area contributed by atoms with Crippen LogP contribution < -0.4 is 15.0 Å². The summed E-state index contributed by atoms with van der Waals surface area (Å²) in [6.07, 6.45) is 3.67. The first-order valence-electron chi connectivity index (χ1n) is 11.2. The van der Waals surface area contributed by atoms with E-state index < -0.39 is 6.03 Å². The lowest BCUT2D eigenvalue weighted by Crippen LogP contribution is -2.39. The minimum atomic E-state index is -0.392. The van der Waals surface area contributed by atoms with E-state index in [1.165, 1.54) is 4.90 Å². The van der Waals surface area contributed by atoms with Crippen molar-refractivity contribution in [2.45, 2.75) is 32.8 Å². The molecule has 2 amide bonds. The number of fused-ring (bicyclic) bond motifs is 1. The average molecular weight is 466 g/mol. The predicted molar refractivity (Wildman–Crippen MR) is 131 cm³/mol. The predicted octanol–water partition coefficient (Wildman–Crippen LogP) is 4.33. The number of aryl methyl sites for hydroxylation is 1. The molecule has 8 heteroatoms. The number of hydrogen-bond acceptors (Lipinski definition) is 6. The van der Waals surface area contributed by atoms with Crippen LogP contribution in [0.25, 0.3) is 0 Å². The summed E-state index contributed by atoms with van der Waals surface area (Å²) < 4.78 is 5.92. The number of rotatable bonds is 4. The number of nitrogens with one attached hydrogen (secondary N) is 1. The molecule has 3 aromatic rings. The van der Waals surface area contributed by atoms with Crippen LogP contribution in [0.1, 0.15) is 53.0 Å². The molecule has 8 nitrogen and oxygen atoms in total. The summed E-state index contributed by atoms with van der Waals surface area (Å²) in [5.41, 5.74) is 2.97. The average Bonchev–Trinajstić information content (AvgIpc) is 2.87. The summed E-state index contributed by atoms with van der Waals surface area (Å²) in [5, 5.41) is 11.9. The molecule has 0 spiro atoms. The minimum absolute atomic E-state index is 0.122. The number of aldehydes is 1. The summed E-state index contributed by atoms with van der Waals surface area (Å²) in [4.78, 5) is 34.4. The fraction of sp³-hybridized carbons (Fsp3) is 0.222. The third-order valence-electron chi connectivity index (χ3n) is 5.22. The molecule has 0 fully saturated rings. The smallest absolute Gasteiger partial charge is 0.328 e. The zero-order valence-corrected chi connectivity index (χ0v) is 19.4. The number of amides is 2. The lowest BCUT2D eigenvalue weighted by Gasteiger charge is -2.28. The van der Waals surface area contributed by atoms with E-state index in [4.69, 9.17) is 10.00 Å². The number of benzene rings is 1. The van der Waals surface area contributed by atoms with E-state index in [1.54, 1.807) is 36.5 Å². The molecule has 0 saturated heterocycles. The number of nitriles is 1. The van der Waals surface area contributed by atoms with Gasteiger partial charge in [0.2, 0.25) is 0 Å². The highest BCUT2D eigenvalue weighted by Crippen LogP contribution is 2.27. The van der Waals surface area contributed by atoms with Crippen molar-refractivity contribution in [2.24, 2.45) is 0 Å². The van der Waals surface area contributed by atoms with Crippen molar-refractivity contribution < 1.29 is 14.3 Å². The van der Waals surface area contributed by atoms with Crippen molar-refractivity contribution in [2.75, 3.05) is 16.8 Å². The molecule has 0 radical (unpaired) electrons. The van der Waals surface area contributed by atoms with E-state index in [-0.39, 0.29) is 11.8 Å². The molecule has 1 aliphatic heterocycles. The monoisotopic (exact) mass is 465 g/mol. The van der Waals surface area contributed by atoms with Gasteiger partial charge in [-0.1, -0.05) is 24.0 Å². The molecule has 4 rings (SSSR count). The van der Waals surface area contributed by atoms with Gasteiger partial charge in [0.1, 0.15) is 23.1 Å². The molecule has 0 unspecified atom stereocenters. The maximum Gasteiger partial charge on any atom is 0.328 e. The highest BCUT2D eigenvalue weighted by atomic mass is 16.5. The Morgan fingerprint density at radius 3 is 2.80 bits per heavy atom. The third kappa shape index (κ3) is 5.63. The van der Waals surface area contributed by atoms with Crippen molar-refractivity contribution in [3.05, 3.63) is 76.6 Å². The lowest BCUT2D eigenvalue weighted by molar-refractivity contribution is 0.111. The molecular weight excluding hydrogens is 442 g/mol. The molecule has 1 N–H and O–H groups in total. The molecule has 2 aromatic heterocycles. The van der Waals surface area contributed by atoms with Crippen LogP contribution in [0, 0.1) is 23.2 Å². The Balaban J connectivity index is 1.59. The Morgan fingerprint density at radius 1 is 1.20 bits per heavy atom. The number of pyridine rings is 2. The van der Waals surface area contributed by atoms with Gasteiger partial charge in [0.15, 0.2) is 6.29 Å². The lowest BCUT2D eigenvalue weighted by atomic mass is 10.1. The van der Waals surface area contributed by atoms with Crippen LogP contribution in [-0.2, 0) is 6.42 Å². The number of carbonyl (C=O) groups is 2. The first-order valence-corrected chi connectivity index (χ1v) is 11.2. The quantitative estimate of drug-likeness (QED) is 0.454. The van der Waals surface area contributed by atoms with Crippen LogP contribution in [0.2, 0.25) is 0 Å². The topological polar surface area (TPSA) is 108 Å². The highest BCUT2D eigenvalue weighted by molar-refractivity contribution is 6.01. The fourth-order valence-corrected chi connectivity index (χ4v) is 3.65. The van der Waals surface area contributed by atoms with Crippen molar-refractivity contribution in [3.8, 4) is 23.7 Å². The zero-order chi connectivity index (χ0) is 24.8. The Labute approximate surface area is 203 Å². The highest BCUT2D eigenvalue weighted by Gasteiger charge is 2.25. The summed E-state index contributed by atoms with van der Waals surface area (Å²) in [7, 11) is 0. The molecule has 3 heterocycles. The van der Waals surface area contributed by atoms with E-state index in [1.807, 2.05) is 26.0 Å². The number of ether oxygens (including phenoxy) is 1. The summed E-state index contributed by atoms with van der Waals surface area (Å²) in [5.74, 6) is 7.35. The van der Waals surface area contributed by atoms with Crippen molar-refractivity contribution in [3.63, 3.8) is 0 Å². The van der Waals surface area contributed by atoms with E-state index in [0.29, 0.717) is 46.9 Å². The van der Waals surface area contributed by atoms with Gasteiger partial charge in [-0.2, -0.15) is 5.26 Å². The maximum atomic E-state index is 13.1. The SMILES string of the molecule is CC(C)Oc1cc(NC(=O)N2CCCc3ccc(C=O)nc32)ncc1C#Cc1cccc(C#N)c1. The van der Waals surface area contributed by atoms with Gasteiger partial charge in [-0.25, -0.2) is 14.8 Å². The maximum absolute atomic E-state index is 13.1. The van der Waals surface area contributed by atoms with Crippen molar-refractivity contribution >= 4 is 24.0 Å². The molecule has 0 aliphatic carbocycles. The number of anilines is 2. The Hall–Kier alpha value is -4.69. The fourth-order valence-electron chi connectivity index (χ4n) is 3.65. The summed E-state index contributed by atoms with van der Waals surface area (Å²) in [6, 6.07) is 13.8. The largest absolute Gasteiger partial charge is 0.490 e. The molecular formula is C27H23N5O3. The van der Waals surface area contributed by atoms with Gasteiger partial charge in [-0.3, -0.25) is 15.0 Å². The molecule has 0 saturated carbocycles. The van der Waals surface area contributed by atoms with E-state index >= 15 is 0 Å². The van der Waals surface area contributed by atoms with E-state index in [0.717, 1.165) is 18.4 Å². The second-order valence-corrected chi connectivity index (χ2v) is 8.20. The van der Waals surface area contributed by atoms with Crippen molar-refractivity contribution in [1.29, 1.82) is 5.26 Å². The van der Waals surface area contributed by atoms with Crippen LogP contribution in [0.4, 0.5) is 16.4 Å². The molecule has 1 aromatic carbocycles. The first-order chi connectivity index (χ1) is 17.0. The van der Waals surface area contributed by atoms with Crippen molar-refractivity contribution in [1.82, 2.24) is 9.97 Å². The number of hydrogen-bond donors (Lipinski definition) is 1. The Kier molecular flexibility index (Phi) is 7.04. The van der Waals surface area contributed by atoms with Crippen LogP contribution in [-0.4, -0.2) is 34.9 Å². The third-order valence-corrected chi connectivity index (χ3v) is 5.22. The minimum Gasteiger partial charge on any atom is -0.490 e. The van der Waals surface area contributed by atoms with Gasteiger partial charge in [0.05, 0.1) is 23.3 Å². The van der Waals surface area contributed by atoms with E-state index in [2.05, 4.69) is 33.2 Å². The number of carbonyl (C=O) groups excluding carboxylic acids is 2. The van der Waals surface area contributed by atoms with Gasteiger partial charge < -0.3 is 4.74 Å². The Morgan fingerprint density at radius 2 is 2.03 bits per heavy atom. The Bertz CT molecular complexity index is 1380. The van der Waals surface area contributed by atoms with Gasteiger partial charge >= 0.3 is 6.03 Å². The normalized spacial score (nSPS) is 12.1. The summed E-state index contributed by atoms with van der Waals surface area (Å²) >= 11 is 0. The van der Waals surface area contributed by atoms with Gasteiger partial charge in [-0.05, 0) is 56.5 Å². The second kappa shape index (κ2) is 10.5. The first kappa shape index (κ1) is 23.5. The van der Waals surface area contributed by atoms with E-state index in [9.17, 15) is 9.59 Å². The second-order valence-electron chi connectivity index (χ2n) is 8.20. The molecule has 0 bridgehead atoms. The van der Waals surface area contributed by atoms with Crippen LogP contribution in [0.5, 0.6) is 5.75 Å². The van der Waals surface area contributed by atoms with Gasteiger partial charge in [-0.15, -0.1) is 0 Å². The molecule has 174 valence electrons. The van der Waals surface area contributed by atoms with Crippen LogP contribution in [0.15, 0.2) is 48.7 Å².